The molecule has 2 fully saturated rings. The van der Waals surface area contributed by atoms with Gasteiger partial charge in [0.2, 0.25) is 0 Å². The first kappa shape index (κ1) is 20.0. The number of rotatable bonds is 6. The summed E-state index contributed by atoms with van der Waals surface area (Å²) in [5, 5.41) is 16.3. The summed E-state index contributed by atoms with van der Waals surface area (Å²) in [6.07, 6.45) is 9.47. The molecule has 1 aromatic carbocycles. The van der Waals surface area contributed by atoms with E-state index in [0.717, 1.165) is 36.3 Å². The van der Waals surface area contributed by atoms with Crippen molar-refractivity contribution in [3.8, 4) is 11.3 Å². The van der Waals surface area contributed by atoms with Crippen molar-refractivity contribution in [3.63, 3.8) is 0 Å². The fourth-order valence-electron chi connectivity index (χ4n) is 4.21. The number of ketones is 1. The average molecular weight is 446 g/mol. The van der Waals surface area contributed by atoms with Gasteiger partial charge in [0.1, 0.15) is 5.82 Å². The highest BCUT2D eigenvalue weighted by atomic mass is 19.1. The molecule has 4 aromatic rings. The molecule has 10 heteroatoms. The van der Waals surface area contributed by atoms with Crippen molar-refractivity contribution in [2.75, 3.05) is 25.0 Å². The smallest absolute Gasteiger partial charge is 0.181 e. The van der Waals surface area contributed by atoms with Gasteiger partial charge in [0.25, 0.3) is 0 Å². The third kappa shape index (κ3) is 3.77. The van der Waals surface area contributed by atoms with Gasteiger partial charge in [0, 0.05) is 49.1 Å². The standard InChI is InChI=1S/C23H23FN8O/c24-16-7-14(21(33)18-10-25-5-6-26-18)3-4-17(16)30-22-23-27-11-20(15-8-28-29-9-15)32(23)12-19(31-22)13-1-2-13/h3-4,7-9,11-13,18,25-26H,1-2,5-6,10H2,(H,28,29)(H,30,31). The van der Waals surface area contributed by atoms with E-state index in [0.29, 0.717) is 36.0 Å². The third-order valence-electron chi connectivity index (χ3n) is 6.16. The fraction of sp³-hybridized carbons (Fsp3) is 0.304. The molecule has 6 rings (SSSR count). The number of Topliss-reactive ketones (excluding diaryl/α,β-unsaturated/α-hetero) is 1. The molecule has 1 unspecified atom stereocenters. The number of anilines is 2. The molecule has 1 atom stereocenters. The highest BCUT2D eigenvalue weighted by Crippen LogP contribution is 2.40. The van der Waals surface area contributed by atoms with E-state index in [1.165, 1.54) is 6.07 Å². The van der Waals surface area contributed by atoms with Gasteiger partial charge in [-0.05, 0) is 31.0 Å². The van der Waals surface area contributed by atoms with Crippen molar-refractivity contribution in [1.82, 2.24) is 35.2 Å². The van der Waals surface area contributed by atoms with Gasteiger partial charge in [-0.15, -0.1) is 0 Å². The number of H-pyrrole nitrogens is 1. The van der Waals surface area contributed by atoms with Crippen molar-refractivity contribution in [1.29, 1.82) is 0 Å². The van der Waals surface area contributed by atoms with Gasteiger partial charge < -0.3 is 16.0 Å². The molecule has 3 aromatic heterocycles. The van der Waals surface area contributed by atoms with Crippen molar-refractivity contribution in [2.45, 2.75) is 24.8 Å². The lowest BCUT2D eigenvalue weighted by atomic mass is 10.0. The number of imidazole rings is 1. The number of piperazine rings is 1. The second-order valence-corrected chi connectivity index (χ2v) is 8.51. The van der Waals surface area contributed by atoms with Gasteiger partial charge >= 0.3 is 0 Å². The SMILES string of the molecule is O=C(c1ccc(Nc2nc(C3CC3)cn3c(-c4cn[nH]c4)cnc23)c(F)c1)C1CNCCN1. The normalized spacial score (nSPS) is 18.5. The summed E-state index contributed by atoms with van der Waals surface area (Å²) in [7, 11) is 0. The number of hydrogen-bond acceptors (Lipinski definition) is 7. The molecule has 0 bridgehead atoms. The predicted octanol–water partition coefficient (Wildman–Crippen LogP) is 2.62. The second-order valence-electron chi connectivity index (χ2n) is 8.51. The van der Waals surface area contributed by atoms with Crippen molar-refractivity contribution in [2.24, 2.45) is 0 Å². The van der Waals surface area contributed by atoms with Crippen LogP contribution < -0.4 is 16.0 Å². The molecule has 0 radical (unpaired) electrons. The molecule has 0 spiro atoms. The molecule has 168 valence electrons. The average Bonchev–Trinajstić information content (AvgIpc) is 3.38. The Hall–Kier alpha value is -3.63. The van der Waals surface area contributed by atoms with Gasteiger partial charge in [-0.3, -0.25) is 14.3 Å². The van der Waals surface area contributed by atoms with Gasteiger partial charge in [-0.1, -0.05) is 0 Å². The lowest BCUT2D eigenvalue weighted by Gasteiger charge is -2.23. The lowest BCUT2D eigenvalue weighted by molar-refractivity contribution is 0.0934. The molecule has 1 aliphatic carbocycles. The van der Waals surface area contributed by atoms with E-state index in [2.05, 4.69) is 31.1 Å². The topological polar surface area (TPSA) is 112 Å². The van der Waals surface area contributed by atoms with E-state index < -0.39 is 5.82 Å². The number of hydrogen-bond donors (Lipinski definition) is 4. The number of carbonyl (C=O) groups is 1. The number of nitrogens with zero attached hydrogens (tertiary/aromatic N) is 4. The van der Waals surface area contributed by atoms with Gasteiger partial charge in [0.05, 0.1) is 35.5 Å². The number of carbonyl (C=O) groups excluding carboxylic acids is 1. The van der Waals surface area contributed by atoms with Crippen LogP contribution in [0.4, 0.5) is 15.9 Å². The minimum atomic E-state index is -0.511. The number of nitrogens with one attached hydrogen (secondary N) is 4. The minimum absolute atomic E-state index is 0.123. The molecule has 0 amide bonds. The van der Waals surface area contributed by atoms with Crippen LogP contribution in [0.25, 0.3) is 16.9 Å². The van der Waals surface area contributed by atoms with Crippen LogP contribution in [0.1, 0.15) is 34.8 Å². The summed E-state index contributed by atoms with van der Waals surface area (Å²) in [5.74, 6) is 0.242. The Labute approximate surface area is 188 Å². The largest absolute Gasteiger partial charge is 0.335 e. The van der Waals surface area contributed by atoms with Crippen molar-refractivity contribution < 1.29 is 9.18 Å². The quantitative estimate of drug-likeness (QED) is 0.337. The molecule has 33 heavy (non-hydrogen) atoms. The van der Waals surface area contributed by atoms with Crippen molar-refractivity contribution >= 4 is 22.9 Å². The van der Waals surface area contributed by atoms with Crippen molar-refractivity contribution in [3.05, 3.63) is 60.1 Å². The summed E-state index contributed by atoms with van der Waals surface area (Å²) < 4.78 is 17.0. The summed E-state index contributed by atoms with van der Waals surface area (Å²) in [5.41, 5.74) is 3.90. The van der Waals surface area contributed by atoms with Crippen LogP contribution in [-0.2, 0) is 0 Å². The minimum Gasteiger partial charge on any atom is -0.335 e. The molecule has 2 aliphatic rings. The zero-order valence-corrected chi connectivity index (χ0v) is 17.8. The summed E-state index contributed by atoms with van der Waals surface area (Å²) in [6, 6.07) is 4.17. The second kappa shape index (κ2) is 8.05. The van der Waals surface area contributed by atoms with E-state index in [9.17, 15) is 4.79 Å². The monoisotopic (exact) mass is 446 g/mol. The number of aromatic amines is 1. The van der Waals surface area contributed by atoms with E-state index in [-0.39, 0.29) is 17.5 Å². The molecular formula is C23H23FN8O. The van der Waals surface area contributed by atoms with Crippen LogP contribution >= 0.6 is 0 Å². The highest BCUT2D eigenvalue weighted by molar-refractivity contribution is 6.00. The zero-order chi connectivity index (χ0) is 22.4. The first-order valence-electron chi connectivity index (χ1n) is 11.1. The van der Waals surface area contributed by atoms with E-state index >= 15 is 4.39 Å². The van der Waals surface area contributed by atoms with Gasteiger partial charge in [-0.25, -0.2) is 14.4 Å². The summed E-state index contributed by atoms with van der Waals surface area (Å²) >= 11 is 0. The van der Waals surface area contributed by atoms with Crippen LogP contribution in [0.5, 0.6) is 0 Å². The molecule has 1 saturated heterocycles. The Bertz CT molecular complexity index is 1320. The van der Waals surface area contributed by atoms with E-state index in [4.69, 9.17) is 4.98 Å². The van der Waals surface area contributed by atoms with Crippen LogP contribution in [0.3, 0.4) is 0 Å². The van der Waals surface area contributed by atoms with Crippen LogP contribution in [0.15, 0.2) is 43.0 Å². The third-order valence-corrected chi connectivity index (χ3v) is 6.16. The Kier molecular flexibility index (Phi) is 4.88. The number of halogens is 1. The van der Waals surface area contributed by atoms with Gasteiger partial charge in [0.15, 0.2) is 17.2 Å². The number of aromatic nitrogens is 5. The summed E-state index contributed by atoms with van der Waals surface area (Å²) in [6.45, 7) is 2.07. The summed E-state index contributed by atoms with van der Waals surface area (Å²) in [4.78, 5) is 22.0. The maximum Gasteiger partial charge on any atom is 0.181 e. The maximum absolute atomic E-state index is 15.0. The lowest BCUT2D eigenvalue weighted by Crippen LogP contribution is -2.52. The molecule has 4 N–H and O–H groups in total. The number of fused-ring (bicyclic) bond motifs is 1. The molecule has 1 saturated carbocycles. The Morgan fingerprint density at radius 3 is 2.85 bits per heavy atom. The zero-order valence-electron chi connectivity index (χ0n) is 17.8. The molecular weight excluding hydrogens is 423 g/mol. The first-order chi connectivity index (χ1) is 16.2. The van der Waals surface area contributed by atoms with E-state index in [1.807, 2.05) is 10.6 Å². The number of benzene rings is 1. The predicted molar refractivity (Wildman–Crippen MR) is 121 cm³/mol. The Balaban J connectivity index is 1.34. The van der Waals surface area contributed by atoms with E-state index in [1.54, 1.807) is 30.7 Å². The fourth-order valence-corrected chi connectivity index (χ4v) is 4.21. The maximum atomic E-state index is 15.0. The molecule has 1 aliphatic heterocycles. The highest BCUT2D eigenvalue weighted by Gasteiger charge is 2.28. The molecule has 9 nitrogen and oxygen atoms in total. The van der Waals surface area contributed by atoms with Crippen LogP contribution in [0.2, 0.25) is 0 Å². The van der Waals surface area contributed by atoms with Crippen LogP contribution in [-0.4, -0.2) is 56.0 Å². The first-order valence-corrected chi connectivity index (χ1v) is 11.1. The molecule has 4 heterocycles. The Morgan fingerprint density at radius 1 is 1.21 bits per heavy atom. The Morgan fingerprint density at radius 2 is 2.12 bits per heavy atom. The van der Waals surface area contributed by atoms with Crippen LogP contribution in [0, 0.1) is 5.82 Å². The van der Waals surface area contributed by atoms with Gasteiger partial charge in [-0.2, -0.15) is 5.10 Å².